The van der Waals surface area contributed by atoms with Gasteiger partial charge >= 0.3 is 5.97 Å². The topological polar surface area (TPSA) is 69.6 Å². The van der Waals surface area contributed by atoms with Crippen molar-refractivity contribution in [3.8, 4) is 0 Å². The number of rotatable bonds is 2. The van der Waals surface area contributed by atoms with Crippen molar-refractivity contribution in [2.24, 2.45) is 0 Å². The minimum absolute atomic E-state index is 0.0200. The summed E-state index contributed by atoms with van der Waals surface area (Å²) in [6.07, 6.45) is 0. The van der Waals surface area contributed by atoms with Crippen LogP contribution in [0.25, 0.3) is 0 Å². The van der Waals surface area contributed by atoms with Crippen molar-refractivity contribution in [3.05, 3.63) is 29.8 Å². The van der Waals surface area contributed by atoms with E-state index in [4.69, 9.17) is 0 Å². The molecule has 0 aromatic heterocycles. The molecule has 2 aliphatic rings. The number of fused-ring (bicyclic) bond motifs is 1. The highest BCUT2D eigenvalue weighted by molar-refractivity contribution is 7.99. The van der Waals surface area contributed by atoms with Crippen molar-refractivity contribution in [2.75, 3.05) is 29.5 Å². The number of nitrogens with zero attached hydrogens (tertiary/aromatic N) is 1. The van der Waals surface area contributed by atoms with Crippen molar-refractivity contribution in [2.45, 2.75) is 12.0 Å². The number of carbonyl (C=O) groups excluding carboxylic acids is 1. The van der Waals surface area contributed by atoms with Crippen LogP contribution in [0.2, 0.25) is 0 Å². The molecular formula is C14H16N2O3S. The average molecular weight is 292 g/mol. The van der Waals surface area contributed by atoms with Crippen molar-refractivity contribution in [1.82, 2.24) is 5.32 Å². The number of thioether (sulfide) groups is 1. The van der Waals surface area contributed by atoms with Gasteiger partial charge in [0, 0.05) is 30.3 Å². The van der Waals surface area contributed by atoms with Gasteiger partial charge in [0.1, 0.15) is 5.92 Å². The van der Waals surface area contributed by atoms with E-state index < -0.39 is 11.9 Å². The first-order chi connectivity index (χ1) is 9.68. The third kappa shape index (κ3) is 2.29. The molecule has 3 rings (SSSR count). The zero-order valence-electron chi connectivity index (χ0n) is 10.9. The average Bonchev–Trinajstić information content (AvgIpc) is 2.87. The molecule has 2 unspecified atom stereocenters. The summed E-state index contributed by atoms with van der Waals surface area (Å²) in [5, 5.41) is 12.5. The lowest BCUT2D eigenvalue weighted by molar-refractivity contribution is -0.138. The van der Waals surface area contributed by atoms with E-state index in [2.05, 4.69) is 5.32 Å². The van der Waals surface area contributed by atoms with Gasteiger partial charge in [-0.15, -0.1) is 0 Å². The van der Waals surface area contributed by atoms with Gasteiger partial charge in [0.25, 0.3) is 0 Å². The lowest BCUT2D eigenvalue weighted by Gasteiger charge is -2.27. The van der Waals surface area contributed by atoms with Crippen LogP contribution in [-0.2, 0) is 9.59 Å². The molecule has 2 atom stereocenters. The Labute approximate surface area is 121 Å². The molecule has 1 aromatic carbocycles. The highest BCUT2D eigenvalue weighted by Crippen LogP contribution is 2.36. The van der Waals surface area contributed by atoms with Crippen LogP contribution >= 0.6 is 11.8 Å². The molecule has 2 aliphatic heterocycles. The SMILES string of the molecule is O=C(O)C1CN(C(=O)C2CSCCN2)c2ccccc21. The standard InChI is InChI=1S/C14H16N2O3S/c17-13(11-8-20-6-5-15-11)16-7-10(14(18)19)9-3-1-2-4-12(9)16/h1-4,10-11,15H,5-8H2,(H,18,19). The van der Waals surface area contributed by atoms with Gasteiger partial charge in [-0.25, -0.2) is 0 Å². The second kappa shape index (κ2) is 5.46. The van der Waals surface area contributed by atoms with Crippen LogP contribution in [-0.4, -0.2) is 47.6 Å². The first-order valence-corrected chi connectivity index (χ1v) is 7.78. The molecule has 5 nitrogen and oxygen atoms in total. The molecule has 1 saturated heterocycles. The molecule has 1 aromatic rings. The van der Waals surface area contributed by atoms with Gasteiger partial charge in [0.2, 0.25) is 5.91 Å². The number of carboxylic acid groups (broad SMARTS) is 1. The van der Waals surface area contributed by atoms with Crippen molar-refractivity contribution in [1.29, 1.82) is 0 Å². The van der Waals surface area contributed by atoms with Gasteiger partial charge in [0.05, 0.1) is 6.04 Å². The molecule has 0 spiro atoms. The van der Waals surface area contributed by atoms with Gasteiger partial charge in [-0.05, 0) is 11.6 Å². The lowest BCUT2D eigenvalue weighted by atomic mass is 10.0. The van der Waals surface area contributed by atoms with E-state index in [1.807, 2.05) is 18.2 Å². The number of carboxylic acids is 1. The van der Waals surface area contributed by atoms with Crippen LogP contribution in [0.3, 0.4) is 0 Å². The third-order valence-electron chi connectivity index (χ3n) is 3.75. The number of carbonyl (C=O) groups is 2. The van der Waals surface area contributed by atoms with E-state index >= 15 is 0 Å². The van der Waals surface area contributed by atoms with Crippen LogP contribution in [0, 0.1) is 0 Å². The highest BCUT2D eigenvalue weighted by Gasteiger charge is 2.38. The van der Waals surface area contributed by atoms with Gasteiger partial charge in [0.15, 0.2) is 0 Å². The Morgan fingerprint density at radius 3 is 2.85 bits per heavy atom. The number of amides is 1. The number of hydrogen-bond acceptors (Lipinski definition) is 4. The zero-order valence-corrected chi connectivity index (χ0v) is 11.7. The van der Waals surface area contributed by atoms with Crippen molar-refractivity contribution < 1.29 is 14.7 Å². The fourth-order valence-electron chi connectivity index (χ4n) is 2.74. The molecular weight excluding hydrogens is 276 g/mol. The van der Waals surface area contributed by atoms with E-state index in [0.717, 1.165) is 29.3 Å². The van der Waals surface area contributed by atoms with Crippen molar-refractivity contribution >= 4 is 29.3 Å². The molecule has 1 amide bonds. The molecule has 6 heteroatoms. The van der Waals surface area contributed by atoms with Crippen molar-refractivity contribution in [3.63, 3.8) is 0 Å². The van der Waals surface area contributed by atoms with Crippen LogP contribution in [0.1, 0.15) is 11.5 Å². The maximum Gasteiger partial charge on any atom is 0.312 e. The molecule has 20 heavy (non-hydrogen) atoms. The second-order valence-electron chi connectivity index (χ2n) is 4.98. The number of nitrogens with one attached hydrogen (secondary N) is 1. The molecule has 0 saturated carbocycles. The van der Waals surface area contributed by atoms with E-state index in [9.17, 15) is 14.7 Å². The predicted molar refractivity (Wildman–Crippen MR) is 78.3 cm³/mol. The van der Waals surface area contributed by atoms with E-state index in [1.54, 1.807) is 22.7 Å². The first kappa shape index (κ1) is 13.5. The summed E-state index contributed by atoms with van der Waals surface area (Å²) >= 11 is 1.75. The van der Waals surface area contributed by atoms with E-state index in [1.165, 1.54) is 0 Å². The molecule has 1 fully saturated rings. The Kier molecular flexibility index (Phi) is 3.67. The molecule has 2 N–H and O–H groups in total. The summed E-state index contributed by atoms with van der Waals surface area (Å²) in [7, 11) is 0. The predicted octanol–water partition coefficient (Wildman–Crippen LogP) is 0.906. The Morgan fingerprint density at radius 2 is 2.15 bits per heavy atom. The fourth-order valence-corrected chi connectivity index (χ4v) is 3.66. The number of anilines is 1. The number of benzene rings is 1. The Morgan fingerprint density at radius 1 is 1.35 bits per heavy atom. The number of para-hydroxylation sites is 1. The summed E-state index contributed by atoms with van der Waals surface area (Å²) in [5.41, 5.74) is 1.47. The van der Waals surface area contributed by atoms with Crippen LogP contribution in [0.15, 0.2) is 24.3 Å². The third-order valence-corrected chi connectivity index (χ3v) is 4.81. The summed E-state index contributed by atoms with van der Waals surface area (Å²) in [4.78, 5) is 25.6. The molecule has 0 radical (unpaired) electrons. The van der Waals surface area contributed by atoms with E-state index in [-0.39, 0.29) is 18.5 Å². The van der Waals surface area contributed by atoms with Crippen LogP contribution in [0.4, 0.5) is 5.69 Å². The molecule has 0 bridgehead atoms. The summed E-state index contributed by atoms with van der Waals surface area (Å²) in [5.74, 6) is 0.242. The Hall–Kier alpha value is -1.53. The number of hydrogen-bond donors (Lipinski definition) is 2. The van der Waals surface area contributed by atoms with Gasteiger partial charge in [-0.1, -0.05) is 18.2 Å². The van der Waals surface area contributed by atoms with Gasteiger partial charge < -0.3 is 15.3 Å². The largest absolute Gasteiger partial charge is 0.481 e. The second-order valence-corrected chi connectivity index (χ2v) is 6.13. The van der Waals surface area contributed by atoms with E-state index in [0.29, 0.717) is 0 Å². The normalized spacial score (nSPS) is 25.3. The Balaban J connectivity index is 1.87. The minimum Gasteiger partial charge on any atom is -0.481 e. The maximum absolute atomic E-state index is 12.6. The first-order valence-electron chi connectivity index (χ1n) is 6.62. The zero-order chi connectivity index (χ0) is 14.1. The van der Waals surface area contributed by atoms with Gasteiger partial charge in [-0.2, -0.15) is 11.8 Å². The minimum atomic E-state index is -0.876. The molecule has 0 aliphatic carbocycles. The quantitative estimate of drug-likeness (QED) is 0.848. The summed E-state index contributed by atoms with van der Waals surface area (Å²) in [6, 6.07) is 7.06. The van der Waals surface area contributed by atoms with Crippen LogP contribution < -0.4 is 10.2 Å². The van der Waals surface area contributed by atoms with Gasteiger partial charge in [-0.3, -0.25) is 9.59 Å². The Bertz CT molecular complexity index is 543. The maximum atomic E-state index is 12.6. The monoisotopic (exact) mass is 292 g/mol. The summed E-state index contributed by atoms with van der Waals surface area (Å²) in [6.45, 7) is 1.05. The smallest absolute Gasteiger partial charge is 0.312 e. The highest BCUT2D eigenvalue weighted by atomic mass is 32.2. The molecule has 2 heterocycles. The van der Waals surface area contributed by atoms with Crippen LogP contribution in [0.5, 0.6) is 0 Å². The number of aliphatic carboxylic acids is 1. The lowest BCUT2D eigenvalue weighted by Crippen LogP contribution is -2.50. The molecule has 106 valence electrons. The summed E-state index contributed by atoms with van der Waals surface area (Å²) < 4.78 is 0. The fraction of sp³-hybridized carbons (Fsp3) is 0.429.